The van der Waals surface area contributed by atoms with Gasteiger partial charge in [-0.2, -0.15) is 0 Å². The lowest BCUT2D eigenvalue weighted by atomic mass is 10.3. The first-order valence-electron chi connectivity index (χ1n) is 6.16. The maximum absolute atomic E-state index is 12.1. The maximum atomic E-state index is 12.1. The Labute approximate surface area is 117 Å². The lowest BCUT2D eigenvalue weighted by Gasteiger charge is -2.07. The Morgan fingerprint density at radius 3 is 2.55 bits per heavy atom. The predicted molar refractivity (Wildman–Crippen MR) is 72.9 cm³/mol. The topological polar surface area (TPSA) is 81.4 Å². The van der Waals surface area contributed by atoms with Gasteiger partial charge in [0.1, 0.15) is 11.5 Å². The fourth-order valence-corrected chi connectivity index (χ4v) is 2.63. The first-order valence-corrected chi connectivity index (χ1v) is 7.64. The average Bonchev–Trinajstić information content (AvgIpc) is 2.84. The van der Waals surface area contributed by atoms with Gasteiger partial charge < -0.3 is 9.26 Å². The van der Waals surface area contributed by atoms with Crippen molar-refractivity contribution < 1.29 is 17.7 Å². The van der Waals surface area contributed by atoms with Crippen molar-refractivity contribution in [2.45, 2.75) is 25.3 Å². The molecule has 0 fully saturated rings. The van der Waals surface area contributed by atoms with Crippen LogP contribution in [0.15, 0.2) is 39.8 Å². The number of aromatic nitrogens is 1. The fourth-order valence-electron chi connectivity index (χ4n) is 1.64. The van der Waals surface area contributed by atoms with Gasteiger partial charge in [0.2, 0.25) is 10.0 Å². The molecule has 0 saturated heterocycles. The number of nitrogens with zero attached hydrogens (tertiary/aromatic N) is 1. The molecule has 0 aliphatic rings. The molecular weight excluding hydrogens is 280 g/mol. The second-order valence-electron chi connectivity index (χ2n) is 4.16. The van der Waals surface area contributed by atoms with Gasteiger partial charge in [-0.1, -0.05) is 5.16 Å². The summed E-state index contributed by atoms with van der Waals surface area (Å²) < 4.78 is 36.8. The van der Waals surface area contributed by atoms with E-state index in [0.717, 1.165) is 0 Å². The van der Waals surface area contributed by atoms with Crippen LogP contribution in [0.25, 0.3) is 0 Å². The highest BCUT2D eigenvalue weighted by atomic mass is 32.2. The highest BCUT2D eigenvalue weighted by Gasteiger charge is 2.14. The average molecular weight is 296 g/mol. The van der Waals surface area contributed by atoms with Crippen LogP contribution in [-0.4, -0.2) is 20.2 Å². The van der Waals surface area contributed by atoms with E-state index in [1.165, 1.54) is 12.1 Å². The van der Waals surface area contributed by atoms with Crippen LogP contribution in [0.4, 0.5) is 0 Å². The maximum Gasteiger partial charge on any atom is 0.240 e. The van der Waals surface area contributed by atoms with E-state index >= 15 is 0 Å². The summed E-state index contributed by atoms with van der Waals surface area (Å²) in [6, 6.07) is 7.93. The van der Waals surface area contributed by atoms with E-state index in [2.05, 4.69) is 9.88 Å². The summed E-state index contributed by atoms with van der Waals surface area (Å²) in [5.74, 6) is 1.28. The molecule has 0 bridgehead atoms. The van der Waals surface area contributed by atoms with Crippen molar-refractivity contribution in [2.24, 2.45) is 0 Å². The Balaban J connectivity index is 2.05. The molecular formula is C13H16N2O4S. The van der Waals surface area contributed by atoms with E-state index in [9.17, 15) is 8.42 Å². The predicted octanol–water partition coefficient (Wildman–Crippen LogP) is 1.86. The molecule has 1 N–H and O–H groups in total. The third-order valence-corrected chi connectivity index (χ3v) is 3.98. The van der Waals surface area contributed by atoms with E-state index < -0.39 is 10.0 Å². The lowest BCUT2D eigenvalue weighted by Crippen LogP contribution is -2.23. The summed E-state index contributed by atoms with van der Waals surface area (Å²) in [5, 5.41) is 3.73. The van der Waals surface area contributed by atoms with E-state index in [1.807, 2.05) is 6.92 Å². The smallest absolute Gasteiger partial charge is 0.240 e. The molecule has 2 aromatic rings. The SMILES string of the molecule is CCOc1ccc(S(=O)(=O)NCc2cc(C)on2)cc1. The summed E-state index contributed by atoms with van der Waals surface area (Å²) in [5.41, 5.74) is 0.539. The molecule has 0 atom stereocenters. The number of benzene rings is 1. The van der Waals surface area contributed by atoms with E-state index in [-0.39, 0.29) is 11.4 Å². The summed E-state index contributed by atoms with van der Waals surface area (Å²) >= 11 is 0. The number of rotatable bonds is 6. The molecule has 0 spiro atoms. The second-order valence-corrected chi connectivity index (χ2v) is 5.92. The molecule has 20 heavy (non-hydrogen) atoms. The number of hydrogen-bond donors (Lipinski definition) is 1. The van der Waals surface area contributed by atoms with Crippen molar-refractivity contribution in [1.29, 1.82) is 0 Å². The first-order chi connectivity index (χ1) is 9.51. The van der Waals surface area contributed by atoms with Gasteiger partial charge in [0.05, 0.1) is 23.7 Å². The van der Waals surface area contributed by atoms with Crippen molar-refractivity contribution >= 4 is 10.0 Å². The van der Waals surface area contributed by atoms with Gasteiger partial charge in [0.25, 0.3) is 0 Å². The van der Waals surface area contributed by atoms with Crippen molar-refractivity contribution in [2.75, 3.05) is 6.61 Å². The van der Waals surface area contributed by atoms with E-state index in [4.69, 9.17) is 9.26 Å². The zero-order valence-electron chi connectivity index (χ0n) is 11.3. The lowest BCUT2D eigenvalue weighted by molar-refractivity contribution is 0.340. The van der Waals surface area contributed by atoms with Crippen LogP contribution in [-0.2, 0) is 16.6 Å². The van der Waals surface area contributed by atoms with Gasteiger partial charge in [-0.05, 0) is 38.1 Å². The van der Waals surface area contributed by atoms with Crippen LogP contribution in [0.2, 0.25) is 0 Å². The second kappa shape index (κ2) is 6.06. The summed E-state index contributed by atoms with van der Waals surface area (Å²) in [4.78, 5) is 0.182. The van der Waals surface area contributed by atoms with Gasteiger partial charge >= 0.3 is 0 Å². The summed E-state index contributed by atoms with van der Waals surface area (Å²) in [6.45, 7) is 4.24. The minimum Gasteiger partial charge on any atom is -0.494 e. The van der Waals surface area contributed by atoms with Crippen molar-refractivity contribution in [3.8, 4) is 5.75 Å². The van der Waals surface area contributed by atoms with Gasteiger partial charge in [0, 0.05) is 6.07 Å². The molecule has 0 aliphatic carbocycles. The Bertz CT molecular complexity index is 662. The highest BCUT2D eigenvalue weighted by Crippen LogP contribution is 2.16. The summed E-state index contributed by atoms with van der Waals surface area (Å²) in [6.07, 6.45) is 0. The van der Waals surface area contributed by atoms with E-state index in [0.29, 0.717) is 23.8 Å². The molecule has 0 unspecified atom stereocenters. The quantitative estimate of drug-likeness (QED) is 0.880. The first kappa shape index (κ1) is 14.5. The highest BCUT2D eigenvalue weighted by molar-refractivity contribution is 7.89. The van der Waals surface area contributed by atoms with Crippen LogP contribution in [0, 0.1) is 6.92 Å². The number of hydrogen-bond acceptors (Lipinski definition) is 5. The van der Waals surface area contributed by atoms with Crippen molar-refractivity contribution in [1.82, 2.24) is 9.88 Å². The summed E-state index contributed by atoms with van der Waals surface area (Å²) in [7, 11) is -3.57. The van der Waals surface area contributed by atoms with Crippen molar-refractivity contribution in [3.63, 3.8) is 0 Å². The zero-order chi connectivity index (χ0) is 14.6. The number of aryl methyl sites for hydroxylation is 1. The number of sulfonamides is 1. The van der Waals surface area contributed by atoms with Gasteiger partial charge in [0.15, 0.2) is 0 Å². The fraction of sp³-hybridized carbons (Fsp3) is 0.308. The molecule has 1 aromatic heterocycles. The number of nitrogens with one attached hydrogen (secondary N) is 1. The third-order valence-electron chi connectivity index (χ3n) is 2.57. The zero-order valence-corrected chi connectivity index (χ0v) is 12.1. The monoisotopic (exact) mass is 296 g/mol. The standard InChI is InChI=1S/C13H16N2O4S/c1-3-18-12-4-6-13(7-5-12)20(16,17)14-9-11-8-10(2)19-15-11/h4-8,14H,3,9H2,1-2H3. The minimum atomic E-state index is -3.57. The molecule has 0 saturated carbocycles. The van der Waals surface area contributed by atoms with Crippen molar-refractivity contribution in [3.05, 3.63) is 41.8 Å². The number of ether oxygens (including phenoxy) is 1. The van der Waals surface area contributed by atoms with Crippen LogP contribution in [0.3, 0.4) is 0 Å². The van der Waals surface area contributed by atoms with Gasteiger partial charge in [-0.3, -0.25) is 0 Å². The Kier molecular flexibility index (Phi) is 4.41. The van der Waals surface area contributed by atoms with Crippen LogP contribution in [0.1, 0.15) is 18.4 Å². The van der Waals surface area contributed by atoms with E-state index in [1.54, 1.807) is 25.1 Å². The Morgan fingerprint density at radius 2 is 2.00 bits per heavy atom. The molecule has 1 heterocycles. The molecule has 0 amide bonds. The third kappa shape index (κ3) is 3.58. The molecule has 0 aliphatic heterocycles. The van der Waals surface area contributed by atoms with Crippen LogP contribution < -0.4 is 9.46 Å². The van der Waals surface area contributed by atoms with Gasteiger partial charge in [-0.25, -0.2) is 13.1 Å². The molecule has 7 heteroatoms. The largest absolute Gasteiger partial charge is 0.494 e. The Morgan fingerprint density at radius 1 is 1.30 bits per heavy atom. The molecule has 108 valence electrons. The molecule has 2 rings (SSSR count). The molecule has 6 nitrogen and oxygen atoms in total. The van der Waals surface area contributed by atoms with Crippen LogP contribution >= 0.6 is 0 Å². The normalized spacial score (nSPS) is 11.5. The van der Waals surface area contributed by atoms with Crippen LogP contribution in [0.5, 0.6) is 5.75 Å². The molecule has 0 radical (unpaired) electrons. The molecule has 1 aromatic carbocycles. The minimum absolute atomic E-state index is 0.0902. The van der Waals surface area contributed by atoms with Gasteiger partial charge in [-0.15, -0.1) is 0 Å². The Hall–Kier alpha value is -1.86.